The molecule has 0 unspecified atom stereocenters. The van der Waals surface area contributed by atoms with Gasteiger partial charge in [0.15, 0.2) is 0 Å². The minimum absolute atomic E-state index is 1.17. The Bertz CT molecular complexity index is 254. The number of hydrogen-bond acceptors (Lipinski definition) is 1. The van der Waals surface area contributed by atoms with Gasteiger partial charge in [-0.3, -0.25) is 0 Å². The molecule has 1 aromatic rings. The van der Waals surface area contributed by atoms with Crippen molar-refractivity contribution in [3.63, 3.8) is 0 Å². The van der Waals surface area contributed by atoms with Gasteiger partial charge < -0.3 is 4.57 Å². The average Bonchev–Trinajstić information content (AvgIpc) is 2.64. The lowest BCUT2D eigenvalue weighted by molar-refractivity contribution is 0.701. The lowest BCUT2D eigenvalue weighted by Gasteiger charge is -1.94. The van der Waals surface area contributed by atoms with Crippen molar-refractivity contribution < 1.29 is 0 Å². The molecule has 0 bridgehead atoms. The van der Waals surface area contributed by atoms with Gasteiger partial charge >= 0.3 is 0 Å². The largest absolute Gasteiger partial charge is 0.335 e. The highest BCUT2D eigenvalue weighted by Crippen LogP contribution is 2.15. The molecule has 1 aliphatic heterocycles. The van der Waals surface area contributed by atoms with Crippen molar-refractivity contribution in [2.75, 3.05) is 0 Å². The zero-order valence-corrected chi connectivity index (χ0v) is 8.42. The molecule has 0 atom stereocenters. The Hall–Kier alpha value is -0.790. The number of nitrogens with zero attached hydrogens (tertiary/aromatic N) is 2. The van der Waals surface area contributed by atoms with Crippen LogP contribution in [0.15, 0.2) is 6.20 Å². The monoisotopic (exact) mass is 178 g/mol. The van der Waals surface area contributed by atoms with Gasteiger partial charge in [0.05, 0.1) is 5.69 Å². The van der Waals surface area contributed by atoms with Gasteiger partial charge in [-0.05, 0) is 19.3 Å². The molecule has 0 aromatic carbocycles. The Labute approximate surface area is 80.0 Å². The molecule has 2 heterocycles. The van der Waals surface area contributed by atoms with Gasteiger partial charge in [0.25, 0.3) is 0 Å². The highest BCUT2D eigenvalue weighted by molar-refractivity contribution is 5.07. The Kier molecular flexibility index (Phi) is 2.67. The maximum atomic E-state index is 4.63. The Morgan fingerprint density at radius 3 is 3.15 bits per heavy atom. The van der Waals surface area contributed by atoms with E-state index in [4.69, 9.17) is 0 Å². The molecule has 72 valence electrons. The quantitative estimate of drug-likeness (QED) is 0.648. The van der Waals surface area contributed by atoms with Crippen LogP contribution in [0.5, 0.6) is 0 Å². The van der Waals surface area contributed by atoms with Gasteiger partial charge in [-0.25, -0.2) is 4.98 Å². The van der Waals surface area contributed by atoms with Gasteiger partial charge in [-0.15, -0.1) is 0 Å². The normalized spacial score (nSPS) is 14.8. The summed E-state index contributed by atoms with van der Waals surface area (Å²) in [4.78, 5) is 4.63. The summed E-state index contributed by atoms with van der Waals surface area (Å²) < 4.78 is 2.32. The van der Waals surface area contributed by atoms with Crippen LogP contribution in [0.1, 0.15) is 44.1 Å². The van der Waals surface area contributed by atoms with Crippen LogP contribution in [-0.4, -0.2) is 9.55 Å². The molecule has 2 rings (SSSR count). The molecule has 0 saturated carbocycles. The molecule has 0 radical (unpaired) electrons. The van der Waals surface area contributed by atoms with Crippen LogP contribution in [0.3, 0.4) is 0 Å². The topological polar surface area (TPSA) is 17.8 Å². The highest BCUT2D eigenvalue weighted by Gasteiger charge is 2.12. The first-order valence-electron chi connectivity index (χ1n) is 5.45. The molecule has 0 saturated heterocycles. The molecule has 2 heteroatoms. The first kappa shape index (κ1) is 8.79. The number of rotatable bonds is 4. The van der Waals surface area contributed by atoms with Gasteiger partial charge in [-0.2, -0.15) is 0 Å². The van der Waals surface area contributed by atoms with Crippen molar-refractivity contribution >= 4 is 0 Å². The smallest absolute Gasteiger partial charge is 0.109 e. The maximum Gasteiger partial charge on any atom is 0.109 e. The first-order valence-corrected chi connectivity index (χ1v) is 5.45. The van der Waals surface area contributed by atoms with E-state index in [1.54, 1.807) is 0 Å². The summed E-state index contributed by atoms with van der Waals surface area (Å²) in [6.07, 6.45) is 9.83. The zero-order chi connectivity index (χ0) is 9.10. The third kappa shape index (κ3) is 1.93. The predicted molar refractivity (Wildman–Crippen MR) is 53.8 cm³/mol. The van der Waals surface area contributed by atoms with Crippen molar-refractivity contribution in [3.05, 3.63) is 17.7 Å². The van der Waals surface area contributed by atoms with E-state index in [0.717, 1.165) is 0 Å². The third-order valence-corrected chi connectivity index (χ3v) is 2.74. The summed E-state index contributed by atoms with van der Waals surface area (Å²) >= 11 is 0. The minimum Gasteiger partial charge on any atom is -0.335 e. The van der Waals surface area contributed by atoms with E-state index in [-0.39, 0.29) is 0 Å². The second kappa shape index (κ2) is 3.95. The van der Waals surface area contributed by atoms with E-state index >= 15 is 0 Å². The van der Waals surface area contributed by atoms with E-state index in [0.29, 0.717) is 0 Å². The number of fused-ring (bicyclic) bond motifs is 1. The first-order chi connectivity index (χ1) is 6.40. The van der Waals surface area contributed by atoms with Crippen LogP contribution < -0.4 is 0 Å². The van der Waals surface area contributed by atoms with Gasteiger partial charge in [-0.1, -0.05) is 19.8 Å². The second-order valence-electron chi connectivity index (χ2n) is 3.90. The Morgan fingerprint density at radius 2 is 2.38 bits per heavy atom. The van der Waals surface area contributed by atoms with E-state index < -0.39 is 0 Å². The molecule has 1 aromatic heterocycles. The zero-order valence-electron chi connectivity index (χ0n) is 8.42. The van der Waals surface area contributed by atoms with Crippen LogP contribution >= 0.6 is 0 Å². The van der Waals surface area contributed by atoms with Crippen LogP contribution in [0, 0.1) is 0 Å². The van der Waals surface area contributed by atoms with Crippen molar-refractivity contribution in [2.24, 2.45) is 0 Å². The van der Waals surface area contributed by atoms with E-state index in [1.165, 1.54) is 56.6 Å². The molecule has 0 fully saturated rings. The summed E-state index contributed by atoms with van der Waals surface area (Å²) in [7, 11) is 0. The van der Waals surface area contributed by atoms with Gasteiger partial charge in [0.2, 0.25) is 0 Å². The molecule has 1 aliphatic rings. The lowest BCUT2D eigenvalue weighted by Crippen LogP contribution is -1.88. The van der Waals surface area contributed by atoms with Crippen molar-refractivity contribution in [2.45, 2.75) is 52.0 Å². The summed E-state index contributed by atoms with van der Waals surface area (Å²) in [5, 5.41) is 0. The molecule has 0 aliphatic carbocycles. The van der Waals surface area contributed by atoms with E-state index in [9.17, 15) is 0 Å². The van der Waals surface area contributed by atoms with Crippen molar-refractivity contribution in [1.82, 2.24) is 9.55 Å². The summed E-state index contributed by atoms with van der Waals surface area (Å²) in [6.45, 7) is 3.43. The summed E-state index contributed by atoms with van der Waals surface area (Å²) in [5.74, 6) is 1.31. The lowest BCUT2D eigenvalue weighted by atomic mass is 10.2. The third-order valence-electron chi connectivity index (χ3n) is 2.74. The number of unbranched alkanes of at least 4 members (excludes halogenated alkanes) is 2. The SMILES string of the molecule is CCCCCc1cn2c(n1)CCC2. The van der Waals surface area contributed by atoms with Crippen LogP contribution in [-0.2, 0) is 19.4 Å². The molecule has 0 spiro atoms. The van der Waals surface area contributed by atoms with E-state index in [1.807, 2.05) is 0 Å². The average molecular weight is 178 g/mol. The second-order valence-corrected chi connectivity index (χ2v) is 3.90. The van der Waals surface area contributed by atoms with Gasteiger partial charge in [0, 0.05) is 19.2 Å². The fraction of sp³-hybridized carbons (Fsp3) is 0.727. The standard InChI is InChI=1S/C11H18N2/c1-2-3-4-6-10-9-13-8-5-7-11(13)12-10/h9H,2-8H2,1H3. The Morgan fingerprint density at radius 1 is 1.46 bits per heavy atom. The molecular weight excluding hydrogens is 160 g/mol. The molecule has 0 amide bonds. The molecule has 13 heavy (non-hydrogen) atoms. The predicted octanol–water partition coefficient (Wildman–Crippen LogP) is 2.56. The fourth-order valence-electron chi connectivity index (χ4n) is 1.99. The Balaban J connectivity index is 1.91. The van der Waals surface area contributed by atoms with Crippen molar-refractivity contribution in [3.8, 4) is 0 Å². The minimum atomic E-state index is 1.17. The van der Waals surface area contributed by atoms with Crippen LogP contribution in [0.25, 0.3) is 0 Å². The fourth-order valence-corrected chi connectivity index (χ4v) is 1.99. The molecule has 2 nitrogen and oxygen atoms in total. The number of aryl methyl sites for hydroxylation is 3. The number of hydrogen-bond donors (Lipinski definition) is 0. The summed E-state index contributed by atoms with van der Waals surface area (Å²) in [5.41, 5.74) is 1.31. The van der Waals surface area contributed by atoms with Crippen LogP contribution in [0.4, 0.5) is 0 Å². The molecule has 0 N–H and O–H groups in total. The number of aromatic nitrogens is 2. The van der Waals surface area contributed by atoms with Gasteiger partial charge in [0.1, 0.15) is 5.82 Å². The maximum absolute atomic E-state index is 4.63. The number of imidazole rings is 1. The van der Waals surface area contributed by atoms with Crippen LogP contribution in [0.2, 0.25) is 0 Å². The molecular formula is C11H18N2. The summed E-state index contributed by atoms with van der Waals surface area (Å²) in [6, 6.07) is 0. The highest BCUT2D eigenvalue weighted by atomic mass is 15.1. The van der Waals surface area contributed by atoms with E-state index in [2.05, 4.69) is 22.7 Å². The van der Waals surface area contributed by atoms with Crippen molar-refractivity contribution in [1.29, 1.82) is 0 Å².